The van der Waals surface area contributed by atoms with E-state index in [2.05, 4.69) is 13.8 Å². The summed E-state index contributed by atoms with van der Waals surface area (Å²) in [6.45, 7) is 4.98. The first-order valence-electron chi connectivity index (χ1n) is 6.01. The van der Waals surface area contributed by atoms with E-state index in [4.69, 9.17) is 14.2 Å². The second kappa shape index (κ2) is 4.96. The Labute approximate surface area is 103 Å². The maximum Gasteiger partial charge on any atom is 0.124 e. The summed E-state index contributed by atoms with van der Waals surface area (Å²) in [5.41, 5.74) is 2.36. The standard InChI is InChI=1S/C14H20O3/c1-9(2)14-7-10-11(8-17-14)13(16-4)6-5-12(10)15-3/h5-6,9,14H,7-8H2,1-4H3. The van der Waals surface area contributed by atoms with Crippen LogP contribution >= 0.6 is 0 Å². The van der Waals surface area contributed by atoms with Crippen LogP contribution in [0.5, 0.6) is 11.5 Å². The van der Waals surface area contributed by atoms with E-state index >= 15 is 0 Å². The lowest BCUT2D eigenvalue weighted by atomic mass is 9.92. The van der Waals surface area contributed by atoms with Crippen LogP contribution in [-0.4, -0.2) is 20.3 Å². The van der Waals surface area contributed by atoms with Crippen molar-refractivity contribution >= 4 is 0 Å². The van der Waals surface area contributed by atoms with Crippen LogP contribution in [0.4, 0.5) is 0 Å². The SMILES string of the molecule is COc1ccc(OC)c2c1COC(C(C)C)C2. The topological polar surface area (TPSA) is 27.7 Å². The maximum absolute atomic E-state index is 5.87. The highest BCUT2D eigenvalue weighted by Crippen LogP contribution is 2.36. The molecule has 0 spiro atoms. The smallest absolute Gasteiger partial charge is 0.124 e. The highest BCUT2D eigenvalue weighted by Gasteiger charge is 2.26. The summed E-state index contributed by atoms with van der Waals surface area (Å²) in [5, 5.41) is 0. The first-order valence-corrected chi connectivity index (χ1v) is 6.01. The molecule has 0 aromatic heterocycles. The molecule has 0 saturated carbocycles. The van der Waals surface area contributed by atoms with Crippen molar-refractivity contribution in [1.29, 1.82) is 0 Å². The van der Waals surface area contributed by atoms with Gasteiger partial charge in [-0.25, -0.2) is 0 Å². The number of rotatable bonds is 3. The molecule has 17 heavy (non-hydrogen) atoms. The van der Waals surface area contributed by atoms with Crippen LogP contribution in [0.1, 0.15) is 25.0 Å². The quantitative estimate of drug-likeness (QED) is 0.807. The van der Waals surface area contributed by atoms with Crippen molar-refractivity contribution in [3.8, 4) is 11.5 Å². The summed E-state index contributed by atoms with van der Waals surface area (Å²) >= 11 is 0. The molecular weight excluding hydrogens is 216 g/mol. The summed E-state index contributed by atoms with van der Waals surface area (Å²) in [4.78, 5) is 0. The Morgan fingerprint density at radius 1 is 1.12 bits per heavy atom. The van der Waals surface area contributed by atoms with Gasteiger partial charge in [0.15, 0.2) is 0 Å². The molecule has 0 saturated heterocycles. The fraction of sp³-hybridized carbons (Fsp3) is 0.571. The van der Waals surface area contributed by atoms with Crippen LogP contribution in [0.3, 0.4) is 0 Å². The van der Waals surface area contributed by atoms with Gasteiger partial charge in [-0.15, -0.1) is 0 Å². The second-order valence-corrected chi connectivity index (χ2v) is 4.72. The van der Waals surface area contributed by atoms with Crippen molar-refractivity contribution in [2.24, 2.45) is 5.92 Å². The molecule has 1 atom stereocenters. The largest absolute Gasteiger partial charge is 0.496 e. The van der Waals surface area contributed by atoms with Gasteiger partial charge >= 0.3 is 0 Å². The second-order valence-electron chi connectivity index (χ2n) is 4.72. The Bertz CT molecular complexity index is 399. The van der Waals surface area contributed by atoms with Crippen molar-refractivity contribution in [3.63, 3.8) is 0 Å². The van der Waals surface area contributed by atoms with Gasteiger partial charge in [-0.1, -0.05) is 13.8 Å². The van der Waals surface area contributed by atoms with Gasteiger partial charge in [0.2, 0.25) is 0 Å². The molecule has 0 radical (unpaired) electrons. The van der Waals surface area contributed by atoms with E-state index in [1.807, 2.05) is 12.1 Å². The molecule has 0 fully saturated rings. The van der Waals surface area contributed by atoms with E-state index in [1.165, 1.54) is 5.56 Å². The van der Waals surface area contributed by atoms with Gasteiger partial charge in [0.25, 0.3) is 0 Å². The number of methoxy groups -OCH3 is 2. The molecule has 0 amide bonds. The van der Waals surface area contributed by atoms with Gasteiger partial charge in [-0.2, -0.15) is 0 Å². The lowest BCUT2D eigenvalue weighted by Crippen LogP contribution is -2.27. The van der Waals surface area contributed by atoms with Crippen molar-refractivity contribution in [2.75, 3.05) is 14.2 Å². The summed E-state index contributed by atoms with van der Waals surface area (Å²) < 4.78 is 16.7. The fourth-order valence-electron chi connectivity index (χ4n) is 2.29. The molecule has 1 aromatic carbocycles. The highest BCUT2D eigenvalue weighted by atomic mass is 16.5. The first-order chi connectivity index (χ1) is 8.17. The molecule has 3 nitrogen and oxygen atoms in total. The monoisotopic (exact) mass is 236 g/mol. The van der Waals surface area contributed by atoms with Gasteiger partial charge < -0.3 is 14.2 Å². The van der Waals surface area contributed by atoms with Gasteiger partial charge in [0, 0.05) is 17.5 Å². The molecule has 3 heteroatoms. The van der Waals surface area contributed by atoms with E-state index in [0.29, 0.717) is 12.5 Å². The predicted octanol–water partition coefficient (Wildman–Crippen LogP) is 2.80. The molecule has 1 aliphatic heterocycles. The first kappa shape index (κ1) is 12.2. The molecular formula is C14H20O3. The summed E-state index contributed by atoms with van der Waals surface area (Å²) in [5.74, 6) is 2.34. The van der Waals surface area contributed by atoms with Crippen molar-refractivity contribution in [3.05, 3.63) is 23.3 Å². The third-order valence-corrected chi connectivity index (χ3v) is 3.38. The molecule has 0 N–H and O–H groups in total. The fourth-order valence-corrected chi connectivity index (χ4v) is 2.29. The van der Waals surface area contributed by atoms with Crippen LogP contribution in [0.2, 0.25) is 0 Å². The average molecular weight is 236 g/mol. The van der Waals surface area contributed by atoms with Gasteiger partial charge in [-0.05, 0) is 18.1 Å². The minimum absolute atomic E-state index is 0.267. The van der Waals surface area contributed by atoms with E-state index in [0.717, 1.165) is 23.5 Å². The van der Waals surface area contributed by atoms with Crippen LogP contribution < -0.4 is 9.47 Å². The Morgan fingerprint density at radius 2 is 1.71 bits per heavy atom. The minimum Gasteiger partial charge on any atom is -0.496 e. The average Bonchev–Trinajstić information content (AvgIpc) is 2.36. The Kier molecular flexibility index (Phi) is 3.57. The third-order valence-electron chi connectivity index (χ3n) is 3.38. The molecule has 1 heterocycles. The van der Waals surface area contributed by atoms with Crippen LogP contribution in [0.25, 0.3) is 0 Å². The number of benzene rings is 1. The zero-order valence-corrected chi connectivity index (χ0v) is 10.9. The van der Waals surface area contributed by atoms with Crippen LogP contribution in [0, 0.1) is 5.92 Å². The van der Waals surface area contributed by atoms with Crippen molar-refractivity contribution in [2.45, 2.75) is 33.0 Å². The number of hydrogen-bond acceptors (Lipinski definition) is 3. The van der Waals surface area contributed by atoms with E-state index in [1.54, 1.807) is 14.2 Å². The van der Waals surface area contributed by atoms with E-state index < -0.39 is 0 Å². The molecule has 1 unspecified atom stereocenters. The highest BCUT2D eigenvalue weighted by molar-refractivity contribution is 5.49. The third kappa shape index (κ3) is 2.25. The molecule has 2 rings (SSSR count). The van der Waals surface area contributed by atoms with Crippen LogP contribution in [0.15, 0.2) is 12.1 Å². The van der Waals surface area contributed by atoms with E-state index in [-0.39, 0.29) is 6.10 Å². The predicted molar refractivity (Wildman–Crippen MR) is 66.7 cm³/mol. The zero-order valence-electron chi connectivity index (χ0n) is 10.9. The normalized spacial score (nSPS) is 19.0. The summed E-state index contributed by atoms with van der Waals surface area (Å²) in [6, 6.07) is 3.91. The lowest BCUT2D eigenvalue weighted by Gasteiger charge is -2.30. The Hall–Kier alpha value is -1.22. The summed E-state index contributed by atoms with van der Waals surface area (Å²) in [7, 11) is 3.40. The van der Waals surface area contributed by atoms with Crippen molar-refractivity contribution in [1.82, 2.24) is 0 Å². The molecule has 94 valence electrons. The number of fused-ring (bicyclic) bond motifs is 1. The number of hydrogen-bond donors (Lipinski definition) is 0. The Morgan fingerprint density at radius 3 is 2.24 bits per heavy atom. The van der Waals surface area contributed by atoms with Gasteiger partial charge in [0.05, 0.1) is 26.9 Å². The molecule has 1 aliphatic rings. The molecule has 0 bridgehead atoms. The van der Waals surface area contributed by atoms with E-state index in [9.17, 15) is 0 Å². The van der Waals surface area contributed by atoms with Gasteiger partial charge in [0.1, 0.15) is 11.5 Å². The summed E-state index contributed by atoms with van der Waals surface area (Å²) in [6.07, 6.45) is 1.16. The Balaban J connectivity index is 2.40. The maximum atomic E-state index is 5.87. The zero-order chi connectivity index (χ0) is 12.4. The van der Waals surface area contributed by atoms with Gasteiger partial charge in [-0.3, -0.25) is 0 Å². The molecule has 1 aromatic rings. The van der Waals surface area contributed by atoms with Crippen molar-refractivity contribution < 1.29 is 14.2 Å². The number of ether oxygens (including phenoxy) is 3. The van der Waals surface area contributed by atoms with Crippen LogP contribution in [-0.2, 0) is 17.8 Å². The lowest BCUT2D eigenvalue weighted by molar-refractivity contribution is -0.00198. The molecule has 0 aliphatic carbocycles. The minimum atomic E-state index is 0.267.